The van der Waals surface area contributed by atoms with Crippen molar-refractivity contribution in [1.29, 1.82) is 0 Å². The van der Waals surface area contributed by atoms with Gasteiger partial charge in [-0.2, -0.15) is 0 Å². The third kappa shape index (κ3) is 4.21. The summed E-state index contributed by atoms with van der Waals surface area (Å²) < 4.78 is 5.63. The number of rotatable bonds is 3. The van der Waals surface area contributed by atoms with E-state index < -0.39 is 0 Å². The number of benzene rings is 1. The van der Waals surface area contributed by atoms with E-state index in [9.17, 15) is 4.79 Å². The van der Waals surface area contributed by atoms with E-state index >= 15 is 0 Å². The van der Waals surface area contributed by atoms with Crippen LogP contribution in [0.15, 0.2) is 24.3 Å². The summed E-state index contributed by atoms with van der Waals surface area (Å²) in [6, 6.07) is 8.24. The van der Waals surface area contributed by atoms with Crippen molar-refractivity contribution in [3.05, 3.63) is 29.8 Å². The van der Waals surface area contributed by atoms with E-state index in [2.05, 4.69) is 45.1 Å². The SMILES string of the molecule is CC1CNCCN1C(=O)COc1ccc(C(C)(C)C)cc1. The zero-order valence-corrected chi connectivity index (χ0v) is 13.5. The largest absolute Gasteiger partial charge is 0.484 e. The molecule has 1 aromatic carbocycles. The van der Waals surface area contributed by atoms with Gasteiger partial charge in [0.2, 0.25) is 0 Å². The topological polar surface area (TPSA) is 41.6 Å². The molecule has 2 rings (SSSR count). The maximum atomic E-state index is 12.2. The average Bonchev–Trinajstić information content (AvgIpc) is 2.45. The lowest BCUT2D eigenvalue weighted by Gasteiger charge is -2.33. The zero-order chi connectivity index (χ0) is 15.5. The van der Waals surface area contributed by atoms with Gasteiger partial charge in [-0.15, -0.1) is 0 Å². The summed E-state index contributed by atoms with van der Waals surface area (Å²) in [4.78, 5) is 14.1. The van der Waals surface area contributed by atoms with Crippen molar-refractivity contribution < 1.29 is 9.53 Å². The summed E-state index contributed by atoms with van der Waals surface area (Å²) in [5.41, 5.74) is 1.39. The van der Waals surface area contributed by atoms with Crippen LogP contribution in [-0.4, -0.2) is 43.1 Å². The van der Waals surface area contributed by atoms with Crippen LogP contribution >= 0.6 is 0 Å². The number of hydrogen-bond acceptors (Lipinski definition) is 3. The minimum atomic E-state index is 0.0592. The van der Waals surface area contributed by atoms with E-state index in [1.807, 2.05) is 17.0 Å². The molecule has 21 heavy (non-hydrogen) atoms. The van der Waals surface area contributed by atoms with Crippen LogP contribution in [0.1, 0.15) is 33.3 Å². The van der Waals surface area contributed by atoms with Crippen molar-refractivity contribution in [2.45, 2.75) is 39.2 Å². The molecule has 4 heteroatoms. The quantitative estimate of drug-likeness (QED) is 0.928. The van der Waals surface area contributed by atoms with E-state index in [0.717, 1.165) is 25.4 Å². The predicted molar refractivity (Wildman–Crippen MR) is 84.7 cm³/mol. The predicted octanol–water partition coefficient (Wildman–Crippen LogP) is 2.18. The van der Waals surface area contributed by atoms with E-state index in [-0.39, 0.29) is 24.0 Å². The Balaban J connectivity index is 1.89. The molecule has 0 bridgehead atoms. The molecule has 0 aliphatic carbocycles. The molecule has 1 atom stereocenters. The molecule has 4 nitrogen and oxygen atoms in total. The number of carbonyl (C=O) groups excluding carboxylic acids is 1. The number of nitrogens with one attached hydrogen (secondary N) is 1. The minimum absolute atomic E-state index is 0.0592. The normalized spacial score (nSPS) is 19.4. The lowest BCUT2D eigenvalue weighted by atomic mass is 9.87. The van der Waals surface area contributed by atoms with Crippen LogP contribution in [-0.2, 0) is 10.2 Å². The number of amides is 1. The Morgan fingerprint density at radius 1 is 1.33 bits per heavy atom. The van der Waals surface area contributed by atoms with Crippen molar-refractivity contribution in [2.75, 3.05) is 26.2 Å². The molecule has 1 aromatic rings. The van der Waals surface area contributed by atoms with E-state index in [4.69, 9.17) is 4.74 Å². The first-order valence-electron chi connectivity index (χ1n) is 7.61. The molecule has 1 amide bonds. The maximum absolute atomic E-state index is 12.2. The first kappa shape index (κ1) is 15.8. The van der Waals surface area contributed by atoms with E-state index in [1.165, 1.54) is 5.56 Å². The number of hydrogen-bond donors (Lipinski definition) is 1. The average molecular weight is 290 g/mol. The Bertz CT molecular complexity index is 477. The van der Waals surface area contributed by atoms with Gasteiger partial charge in [0.15, 0.2) is 6.61 Å². The third-order valence-corrected chi connectivity index (χ3v) is 3.90. The molecule has 1 aliphatic heterocycles. The first-order chi connectivity index (χ1) is 9.88. The fourth-order valence-electron chi connectivity index (χ4n) is 2.49. The third-order valence-electron chi connectivity index (χ3n) is 3.90. The molecule has 0 saturated carbocycles. The molecule has 1 aliphatic rings. The highest BCUT2D eigenvalue weighted by atomic mass is 16.5. The Hall–Kier alpha value is -1.55. The number of piperazine rings is 1. The molecular formula is C17H26N2O2. The van der Waals surface area contributed by atoms with Gasteiger partial charge in [0.05, 0.1) is 0 Å². The van der Waals surface area contributed by atoms with Gasteiger partial charge in [0, 0.05) is 25.7 Å². The molecule has 1 unspecified atom stereocenters. The highest BCUT2D eigenvalue weighted by molar-refractivity contribution is 5.78. The standard InChI is InChI=1S/C17H26N2O2/c1-13-11-18-9-10-19(13)16(20)12-21-15-7-5-14(6-8-15)17(2,3)4/h5-8,13,18H,9-12H2,1-4H3. The highest BCUT2D eigenvalue weighted by Gasteiger charge is 2.23. The fraction of sp³-hybridized carbons (Fsp3) is 0.588. The summed E-state index contributed by atoms with van der Waals surface area (Å²) in [6.45, 7) is 11.2. The molecule has 1 heterocycles. The molecule has 1 N–H and O–H groups in total. The Morgan fingerprint density at radius 2 is 2.00 bits per heavy atom. The van der Waals surface area contributed by atoms with Gasteiger partial charge in [0.1, 0.15) is 5.75 Å². The van der Waals surface area contributed by atoms with Crippen LogP contribution < -0.4 is 10.1 Å². The van der Waals surface area contributed by atoms with Crippen molar-refractivity contribution in [1.82, 2.24) is 10.2 Å². The van der Waals surface area contributed by atoms with Crippen LogP contribution in [0.4, 0.5) is 0 Å². The van der Waals surface area contributed by atoms with Crippen molar-refractivity contribution in [3.8, 4) is 5.75 Å². The van der Waals surface area contributed by atoms with Gasteiger partial charge in [-0.25, -0.2) is 0 Å². The van der Waals surface area contributed by atoms with E-state index in [0.29, 0.717) is 0 Å². The molecule has 1 fully saturated rings. The fourth-order valence-corrected chi connectivity index (χ4v) is 2.49. The van der Waals surface area contributed by atoms with Gasteiger partial charge in [-0.3, -0.25) is 4.79 Å². The molecule has 0 radical (unpaired) electrons. The van der Waals surface area contributed by atoms with Crippen molar-refractivity contribution in [3.63, 3.8) is 0 Å². The second-order valence-electron chi connectivity index (χ2n) is 6.70. The Kier molecular flexibility index (Phi) is 4.88. The Morgan fingerprint density at radius 3 is 2.57 bits per heavy atom. The molecule has 116 valence electrons. The smallest absolute Gasteiger partial charge is 0.260 e. The molecular weight excluding hydrogens is 264 g/mol. The second kappa shape index (κ2) is 6.48. The van der Waals surface area contributed by atoms with Crippen LogP contribution in [0.2, 0.25) is 0 Å². The van der Waals surface area contributed by atoms with Crippen LogP contribution in [0.5, 0.6) is 5.75 Å². The number of carbonyl (C=O) groups is 1. The van der Waals surface area contributed by atoms with Gasteiger partial charge in [-0.1, -0.05) is 32.9 Å². The summed E-state index contributed by atoms with van der Waals surface area (Å²) in [5.74, 6) is 0.808. The van der Waals surface area contributed by atoms with Gasteiger partial charge >= 0.3 is 0 Å². The molecule has 0 aromatic heterocycles. The van der Waals surface area contributed by atoms with E-state index in [1.54, 1.807) is 0 Å². The maximum Gasteiger partial charge on any atom is 0.260 e. The monoisotopic (exact) mass is 290 g/mol. The minimum Gasteiger partial charge on any atom is -0.484 e. The summed E-state index contributed by atoms with van der Waals surface area (Å²) in [5, 5.41) is 3.28. The summed E-state index contributed by atoms with van der Waals surface area (Å²) in [7, 11) is 0. The summed E-state index contributed by atoms with van der Waals surface area (Å²) >= 11 is 0. The lowest BCUT2D eigenvalue weighted by molar-refractivity contribution is -0.136. The second-order valence-corrected chi connectivity index (χ2v) is 6.70. The Labute approximate surface area is 127 Å². The van der Waals surface area contributed by atoms with Gasteiger partial charge in [0.25, 0.3) is 5.91 Å². The summed E-state index contributed by atoms with van der Waals surface area (Å²) in [6.07, 6.45) is 0. The zero-order valence-electron chi connectivity index (χ0n) is 13.5. The lowest BCUT2D eigenvalue weighted by Crippen LogP contribution is -2.53. The number of nitrogens with zero attached hydrogens (tertiary/aromatic N) is 1. The highest BCUT2D eigenvalue weighted by Crippen LogP contribution is 2.24. The first-order valence-corrected chi connectivity index (χ1v) is 7.61. The van der Waals surface area contributed by atoms with Gasteiger partial charge < -0.3 is 15.0 Å². The number of ether oxygens (including phenoxy) is 1. The van der Waals surface area contributed by atoms with Gasteiger partial charge in [-0.05, 0) is 30.0 Å². The van der Waals surface area contributed by atoms with Crippen LogP contribution in [0, 0.1) is 0 Å². The van der Waals surface area contributed by atoms with Crippen molar-refractivity contribution in [2.24, 2.45) is 0 Å². The van der Waals surface area contributed by atoms with Crippen molar-refractivity contribution >= 4 is 5.91 Å². The van der Waals surface area contributed by atoms with Crippen LogP contribution in [0.3, 0.4) is 0 Å². The molecule has 0 spiro atoms. The molecule has 1 saturated heterocycles. The van der Waals surface area contributed by atoms with Crippen LogP contribution in [0.25, 0.3) is 0 Å².